The first kappa shape index (κ1) is 18.5. The zero-order valence-electron chi connectivity index (χ0n) is 14.7. The van der Waals surface area contributed by atoms with E-state index in [2.05, 4.69) is 4.72 Å². The van der Waals surface area contributed by atoms with E-state index >= 15 is 0 Å². The largest absolute Gasteiger partial charge is 0.494 e. The molecule has 5 nitrogen and oxygen atoms in total. The van der Waals surface area contributed by atoms with Crippen LogP contribution >= 0.6 is 0 Å². The van der Waals surface area contributed by atoms with Crippen molar-refractivity contribution in [2.45, 2.75) is 64.5 Å². The molecule has 23 heavy (non-hydrogen) atoms. The highest BCUT2D eigenvalue weighted by atomic mass is 32.2. The second-order valence-corrected chi connectivity index (χ2v) is 9.12. The molecular formula is C16H26BNO4S. The van der Waals surface area contributed by atoms with Crippen molar-refractivity contribution in [3.8, 4) is 0 Å². The Hall–Kier alpha value is -0.885. The van der Waals surface area contributed by atoms with Gasteiger partial charge in [0.2, 0.25) is 10.0 Å². The molecule has 7 heteroatoms. The van der Waals surface area contributed by atoms with Crippen LogP contribution in [0.25, 0.3) is 0 Å². The second-order valence-electron chi connectivity index (χ2n) is 7.36. The van der Waals surface area contributed by atoms with Gasteiger partial charge in [0.1, 0.15) is 0 Å². The molecule has 0 bridgehead atoms. The van der Waals surface area contributed by atoms with Gasteiger partial charge in [-0.25, -0.2) is 13.1 Å². The minimum atomic E-state index is -3.35. The van der Waals surface area contributed by atoms with Crippen LogP contribution in [0.3, 0.4) is 0 Å². The Balaban J connectivity index is 2.19. The van der Waals surface area contributed by atoms with Crippen LogP contribution in [0.15, 0.2) is 24.3 Å². The number of nitrogens with one attached hydrogen (secondary N) is 1. The Bertz CT molecular complexity index is 654. The molecule has 0 saturated carbocycles. The van der Waals surface area contributed by atoms with Gasteiger partial charge in [-0.2, -0.15) is 0 Å². The third-order valence-corrected chi connectivity index (χ3v) is 5.79. The van der Waals surface area contributed by atoms with E-state index in [-0.39, 0.29) is 11.8 Å². The highest BCUT2D eigenvalue weighted by molar-refractivity contribution is 7.88. The summed E-state index contributed by atoms with van der Waals surface area (Å²) in [5, 5.41) is 0. The van der Waals surface area contributed by atoms with E-state index in [9.17, 15) is 8.42 Å². The molecule has 0 radical (unpaired) electrons. The normalized spacial score (nSPS) is 20.2. The molecule has 0 unspecified atom stereocenters. The van der Waals surface area contributed by atoms with Crippen molar-refractivity contribution in [2.75, 3.05) is 0 Å². The number of sulfonamides is 1. The smallest absolute Gasteiger partial charge is 0.399 e. The molecule has 0 amide bonds. The van der Waals surface area contributed by atoms with Crippen molar-refractivity contribution >= 4 is 22.6 Å². The first-order valence-corrected chi connectivity index (χ1v) is 9.52. The van der Waals surface area contributed by atoms with Crippen molar-refractivity contribution in [1.29, 1.82) is 0 Å². The van der Waals surface area contributed by atoms with E-state index in [4.69, 9.17) is 9.31 Å². The Morgan fingerprint density at radius 1 is 1.13 bits per heavy atom. The van der Waals surface area contributed by atoms with Crippen LogP contribution < -0.4 is 10.2 Å². The fraction of sp³-hybridized carbons (Fsp3) is 0.625. The Morgan fingerprint density at radius 3 is 2.22 bits per heavy atom. The van der Waals surface area contributed by atoms with Crippen LogP contribution in [-0.2, 0) is 25.1 Å². The highest BCUT2D eigenvalue weighted by Gasteiger charge is 2.51. The molecule has 1 saturated heterocycles. The molecule has 2 rings (SSSR count). The van der Waals surface area contributed by atoms with Crippen molar-refractivity contribution in [2.24, 2.45) is 0 Å². The zero-order chi connectivity index (χ0) is 17.5. The molecule has 1 aliphatic heterocycles. The molecule has 1 aliphatic rings. The Morgan fingerprint density at radius 2 is 1.70 bits per heavy atom. The van der Waals surface area contributed by atoms with Crippen molar-refractivity contribution in [3.63, 3.8) is 0 Å². The van der Waals surface area contributed by atoms with Gasteiger partial charge >= 0.3 is 7.12 Å². The average Bonchev–Trinajstić information content (AvgIpc) is 2.56. The fourth-order valence-corrected chi connectivity index (χ4v) is 3.85. The lowest BCUT2D eigenvalue weighted by atomic mass is 9.78. The van der Waals surface area contributed by atoms with Crippen LogP contribution in [0.2, 0.25) is 0 Å². The molecule has 1 heterocycles. The summed E-state index contributed by atoms with van der Waals surface area (Å²) in [6.45, 7) is 11.6. The lowest BCUT2D eigenvalue weighted by Crippen LogP contribution is -2.41. The third-order valence-electron chi connectivity index (χ3n) is 4.25. The van der Waals surface area contributed by atoms with E-state index < -0.39 is 28.3 Å². The number of hydrogen-bond acceptors (Lipinski definition) is 4. The Kier molecular flexibility index (Phi) is 4.98. The fourth-order valence-electron chi connectivity index (χ4n) is 2.43. The minimum absolute atomic E-state index is 0.0570. The standard InChI is InChI=1S/C16H26BNO4S/c1-12(2)18-23(19,20)11-13-8-7-9-14(10-13)17-21-15(3,4)16(5,6)22-17/h7-10,12,18H,11H2,1-6H3. The van der Waals surface area contributed by atoms with Gasteiger partial charge in [-0.1, -0.05) is 24.3 Å². The van der Waals surface area contributed by atoms with E-state index in [1.54, 1.807) is 19.9 Å². The number of benzene rings is 1. The third kappa shape index (κ3) is 4.35. The molecule has 1 aromatic carbocycles. The molecule has 0 spiro atoms. The maximum absolute atomic E-state index is 12.1. The van der Waals surface area contributed by atoms with Crippen molar-refractivity contribution in [3.05, 3.63) is 29.8 Å². The lowest BCUT2D eigenvalue weighted by molar-refractivity contribution is 0.00578. The molecular weight excluding hydrogens is 313 g/mol. The molecule has 128 valence electrons. The molecule has 0 atom stereocenters. The molecule has 0 aliphatic carbocycles. The van der Waals surface area contributed by atoms with E-state index in [1.165, 1.54) is 0 Å². The van der Waals surface area contributed by atoms with E-state index in [0.717, 1.165) is 5.46 Å². The molecule has 0 aromatic heterocycles. The van der Waals surface area contributed by atoms with E-state index in [1.807, 2.05) is 45.9 Å². The first-order chi connectivity index (χ1) is 10.4. The summed E-state index contributed by atoms with van der Waals surface area (Å²) in [7, 11) is -3.84. The summed E-state index contributed by atoms with van der Waals surface area (Å²) in [5.74, 6) is -0.0570. The average molecular weight is 339 g/mol. The van der Waals surface area contributed by atoms with Gasteiger partial charge in [0, 0.05) is 6.04 Å². The van der Waals surface area contributed by atoms with Gasteiger partial charge in [0.25, 0.3) is 0 Å². The van der Waals surface area contributed by atoms with Gasteiger partial charge in [0.05, 0.1) is 17.0 Å². The summed E-state index contributed by atoms with van der Waals surface area (Å²) < 4.78 is 38.8. The number of hydrogen-bond donors (Lipinski definition) is 1. The van der Waals surface area contributed by atoms with Gasteiger partial charge in [-0.15, -0.1) is 0 Å². The zero-order valence-corrected chi connectivity index (χ0v) is 15.5. The van der Waals surface area contributed by atoms with Crippen LogP contribution in [-0.4, -0.2) is 32.8 Å². The summed E-state index contributed by atoms with van der Waals surface area (Å²) in [5.41, 5.74) is 0.712. The summed E-state index contributed by atoms with van der Waals surface area (Å²) in [6, 6.07) is 7.25. The topological polar surface area (TPSA) is 64.6 Å². The molecule has 1 aromatic rings. The lowest BCUT2D eigenvalue weighted by Gasteiger charge is -2.32. The van der Waals surface area contributed by atoms with Gasteiger partial charge in [-0.05, 0) is 52.6 Å². The monoisotopic (exact) mass is 339 g/mol. The molecule has 1 fully saturated rings. The highest BCUT2D eigenvalue weighted by Crippen LogP contribution is 2.36. The van der Waals surface area contributed by atoms with E-state index in [0.29, 0.717) is 5.56 Å². The van der Waals surface area contributed by atoms with Crippen molar-refractivity contribution in [1.82, 2.24) is 4.72 Å². The van der Waals surface area contributed by atoms with Crippen LogP contribution in [0.4, 0.5) is 0 Å². The SMILES string of the molecule is CC(C)NS(=O)(=O)Cc1cccc(B2OC(C)(C)C(C)(C)O2)c1. The predicted molar refractivity (Wildman–Crippen MR) is 93.1 cm³/mol. The quantitative estimate of drug-likeness (QED) is 0.831. The maximum atomic E-state index is 12.1. The summed E-state index contributed by atoms with van der Waals surface area (Å²) in [6.07, 6.45) is 0. The van der Waals surface area contributed by atoms with Crippen LogP contribution in [0.1, 0.15) is 47.1 Å². The number of rotatable bonds is 5. The second kappa shape index (κ2) is 6.20. The Labute approximate surface area is 140 Å². The van der Waals surface area contributed by atoms with Crippen molar-refractivity contribution < 1.29 is 17.7 Å². The van der Waals surface area contributed by atoms with Crippen LogP contribution in [0, 0.1) is 0 Å². The first-order valence-electron chi connectivity index (χ1n) is 7.86. The van der Waals surface area contributed by atoms with Gasteiger partial charge in [-0.3, -0.25) is 0 Å². The minimum Gasteiger partial charge on any atom is -0.399 e. The molecule has 1 N–H and O–H groups in total. The maximum Gasteiger partial charge on any atom is 0.494 e. The van der Waals surface area contributed by atoms with Gasteiger partial charge in [0.15, 0.2) is 0 Å². The summed E-state index contributed by atoms with van der Waals surface area (Å²) in [4.78, 5) is 0. The summed E-state index contributed by atoms with van der Waals surface area (Å²) >= 11 is 0. The van der Waals surface area contributed by atoms with Crippen LogP contribution in [0.5, 0.6) is 0 Å². The van der Waals surface area contributed by atoms with Gasteiger partial charge < -0.3 is 9.31 Å². The predicted octanol–water partition coefficient (Wildman–Crippen LogP) is 1.81.